The molecule has 0 bridgehead atoms. The van der Waals surface area contributed by atoms with Crippen molar-refractivity contribution in [1.29, 1.82) is 0 Å². The zero-order chi connectivity index (χ0) is 27.4. The highest BCUT2D eigenvalue weighted by Crippen LogP contribution is 2.36. The Balaban J connectivity index is 1.80. The number of sulfone groups is 1. The molecule has 0 spiro atoms. The smallest absolute Gasteiger partial charge is 0.239 e. The average molecular weight is 553 g/mol. The number of hydrogen-bond acceptors (Lipinski definition) is 6. The predicted octanol–water partition coefficient (Wildman–Crippen LogP) is 3.25. The van der Waals surface area contributed by atoms with Gasteiger partial charge in [0.05, 0.1) is 29.0 Å². The lowest BCUT2D eigenvalue weighted by atomic mass is 9.73. The number of amides is 1. The van der Waals surface area contributed by atoms with Crippen molar-refractivity contribution >= 4 is 36.5 Å². The Morgan fingerprint density at radius 2 is 1.73 bits per heavy atom. The van der Waals surface area contributed by atoms with Crippen LogP contribution in [0.15, 0.2) is 47.4 Å². The van der Waals surface area contributed by atoms with Crippen molar-refractivity contribution < 1.29 is 26.7 Å². The molecule has 206 valence electrons. The van der Waals surface area contributed by atoms with E-state index in [0.29, 0.717) is 36.0 Å². The second-order valence-electron chi connectivity index (χ2n) is 10.7. The summed E-state index contributed by atoms with van der Waals surface area (Å²) >= 11 is 0. The zero-order valence-electron chi connectivity index (χ0n) is 22.1. The van der Waals surface area contributed by atoms with Crippen molar-refractivity contribution in [3.63, 3.8) is 0 Å². The zero-order valence-corrected chi connectivity index (χ0v) is 23.7. The van der Waals surface area contributed by atoms with E-state index in [0.717, 1.165) is 24.5 Å². The second kappa shape index (κ2) is 12.2. The van der Waals surface area contributed by atoms with Gasteiger partial charge in [0.1, 0.15) is 6.04 Å². The van der Waals surface area contributed by atoms with Crippen molar-refractivity contribution in [2.24, 2.45) is 17.8 Å². The van der Waals surface area contributed by atoms with Gasteiger partial charge in [0, 0.05) is 5.39 Å². The molecule has 1 fully saturated rings. The summed E-state index contributed by atoms with van der Waals surface area (Å²) in [5.41, 5.74) is 0. The monoisotopic (exact) mass is 552 g/mol. The standard InChI is InChI=1S/C27H40N2O6S2/c1-5-23(25(30)16-21-15-18(2)13-14-19(21)3)28-27(31)24(29-36(4,32)33)17-37(34,35)26-12-8-10-20-9-6-7-11-22(20)26/h6-12,18-19,21,23-25,29-30H,5,13-17H2,1-4H3,(H,28,31). The Morgan fingerprint density at radius 1 is 1.05 bits per heavy atom. The third-order valence-electron chi connectivity index (χ3n) is 7.54. The molecule has 8 nitrogen and oxygen atoms in total. The van der Waals surface area contributed by atoms with Gasteiger partial charge in [-0.3, -0.25) is 4.79 Å². The first-order valence-electron chi connectivity index (χ1n) is 13.0. The maximum atomic E-state index is 13.4. The fraction of sp³-hybridized carbons (Fsp3) is 0.593. The van der Waals surface area contributed by atoms with Crippen LogP contribution in [0.3, 0.4) is 0 Å². The Bertz CT molecular complexity index is 1290. The molecular weight excluding hydrogens is 512 g/mol. The molecular formula is C27H40N2O6S2. The van der Waals surface area contributed by atoms with Gasteiger partial charge in [-0.15, -0.1) is 0 Å². The lowest BCUT2D eigenvalue weighted by molar-refractivity contribution is -0.124. The van der Waals surface area contributed by atoms with E-state index in [9.17, 15) is 26.7 Å². The summed E-state index contributed by atoms with van der Waals surface area (Å²) in [5, 5.41) is 14.9. The highest BCUT2D eigenvalue weighted by Gasteiger charge is 2.34. The van der Waals surface area contributed by atoms with E-state index in [2.05, 4.69) is 23.9 Å². The van der Waals surface area contributed by atoms with Crippen molar-refractivity contribution in [3.05, 3.63) is 42.5 Å². The first-order chi connectivity index (χ1) is 17.3. The normalized spacial score (nSPS) is 23.3. The minimum absolute atomic E-state index is 0.0335. The molecule has 6 atom stereocenters. The molecule has 1 amide bonds. The molecule has 0 aliphatic heterocycles. The topological polar surface area (TPSA) is 130 Å². The first-order valence-corrected chi connectivity index (χ1v) is 16.5. The van der Waals surface area contributed by atoms with Gasteiger partial charge >= 0.3 is 0 Å². The molecule has 1 aliphatic carbocycles. The van der Waals surface area contributed by atoms with Gasteiger partial charge in [-0.2, -0.15) is 0 Å². The van der Waals surface area contributed by atoms with Crippen LogP contribution in [0.5, 0.6) is 0 Å². The first kappa shape index (κ1) is 29.5. The third-order valence-corrected chi connectivity index (χ3v) is 10.1. The number of carbonyl (C=O) groups is 1. The molecule has 10 heteroatoms. The number of hydrogen-bond donors (Lipinski definition) is 3. The van der Waals surface area contributed by atoms with Gasteiger partial charge in [-0.25, -0.2) is 21.6 Å². The van der Waals surface area contributed by atoms with Crippen molar-refractivity contribution in [2.75, 3.05) is 12.0 Å². The van der Waals surface area contributed by atoms with Crippen LogP contribution in [0, 0.1) is 17.8 Å². The lowest BCUT2D eigenvalue weighted by Crippen LogP contribution is -2.54. The van der Waals surface area contributed by atoms with Crippen LogP contribution in [0.2, 0.25) is 0 Å². The summed E-state index contributed by atoms with van der Waals surface area (Å²) < 4.78 is 53.1. The van der Waals surface area contributed by atoms with E-state index in [1.165, 1.54) is 12.5 Å². The van der Waals surface area contributed by atoms with Crippen molar-refractivity contribution in [1.82, 2.24) is 10.0 Å². The number of aliphatic hydroxyl groups is 1. The van der Waals surface area contributed by atoms with Gasteiger partial charge in [-0.05, 0) is 48.5 Å². The molecule has 0 saturated heterocycles. The van der Waals surface area contributed by atoms with Crippen LogP contribution < -0.4 is 10.0 Å². The van der Waals surface area contributed by atoms with Gasteiger partial charge in [0.25, 0.3) is 0 Å². The minimum atomic E-state index is -4.05. The summed E-state index contributed by atoms with van der Waals surface area (Å²) in [5.74, 6) is -0.120. The van der Waals surface area contributed by atoms with E-state index < -0.39 is 49.7 Å². The summed E-state index contributed by atoms with van der Waals surface area (Å²) in [4.78, 5) is 13.3. The Morgan fingerprint density at radius 3 is 2.41 bits per heavy atom. The number of fused-ring (bicyclic) bond motifs is 1. The second-order valence-corrected chi connectivity index (χ2v) is 14.5. The van der Waals surface area contributed by atoms with Crippen molar-refractivity contribution in [3.8, 4) is 0 Å². The number of carbonyl (C=O) groups excluding carboxylic acids is 1. The molecule has 6 unspecified atom stereocenters. The van der Waals surface area contributed by atoms with Gasteiger partial charge in [0.15, 0.2) is 9.84 Å². The summed E-state index contributed by atoms with van der Waals surface area (Å²) in [6, 6.07) is 9.67. The lowest BCUT2D eigenvalue weighted by Gasteiger charge is -2.36. The summed E-state index contributed by atoms with van der Waals surface area (Å²) in [7, 11) is -7.95. The molecule has 3 rings (SSSR count). The molecule has 0 radical (unpaired) electrons. The van der Waals surface area contributed by atoms with E-state index in [1.807, 2.05) is 6.92 Å². The Hall–Kier alpha value is -2.01. The SMILES string of the molecule is CCC(NC(=O)C(CS(=O)(=O)c1cccc2ccccc12)NS(C)(=O)=O)C(O)CC1CC(C)CCC1C. The van der Waals surface area contributed by atoms with Crippen molar-refractivity contribution in [2.45, 2.75) is 76.0 Å². The van der Waals surface area contributed by atoms with Crippen LogP contribution >= 0.6 is 0 Å². The van der Waals surface area contributed by atoms with E-state index in [1.54, 1.807) is 36.4 Å². The molecule has 1 saturated carbocycles. The molecule has 2 aromatic rings. The van der Waals surface area contributed by atoms with Gasteiger partial charge < -0.3 is 10.4 Å². The minimum Gasteiger partial charge on any atom is -0.391 e. The van der Waals surface area contributed by atoms with E-state index >= 15 is 0 Å². The predicted molar refractivity (Wildman–Crippen MR) is 146 cm³/mol. The molecule has 1 aliphatic rings. The molecule has 2 aromatic carbocycles. The summed E-state index contributed by atoms with van der Waals surface area (Å²) in [6.45, 7) is 6.22. The molecule has 0 heterocycles. The number of rotatable bonds is 11. The van der Waals surface area contributed by atoms with Crippen LogP contribution in [-0.4, -0.2) is 58.0 Å². The number of sulfonamides is 1. The Kier molecular flexibility index (Phi) is 9.77. The average Bonchev–Trinajstić information content (AvgIpc) is 2.82. The maximum absolute atomic E-state index is 13.4. The molecule has 0 aromatic heterocycles. The highest BCUT2D eigenvalue weighted by atomic mass is 32.2. The fourth-order valence-electron chi connectivity index (χ4n) is 5.40. The highest BCUT2D eigenvalue weighted by molar-refractivity contribution is 7.92. The van der Waals surface area contributed by atoms with Crippen LogP contribution in [-0.2, 0) is 24.7 Å². The van der Waals surface area contributed by atoms with E-state index in [-0.39, 0.29) is 4.90 Å². The fourth-order valence-corrected chi connectivity index (χ4v) is 7.88. The number of nitrogens with one attached hydrogen (secondary N) is 2. The summed E-state index contributed by atoms with van der Waals surface area (Å²) in [6.07, 6.45) is 4.31. The van der Waals surface area contributed by atoms with Gasteiger partial charge in [-0.1, -0.05) is 70.0 Å². The third kappa shape index (κ3) is 7.99. The Labute approximate surface area is 221 Å². The number of aliphatic hydroxyl groups excluding tert-OH is 1. The molecule has 37 heavy (non-hydrogen) atoms. The van der Waals surface area contributed by atoms with Crippen LogP contribution in [0.1, 0.15) is 52.9 Å². The van der Waals surface area contributed by atoms with Gasteiger partial charge in [0.2, 0.25) is 15.9 Å². The largest absolute Gasteiger partial charge is 0.391 e. The van der Waals surface area contributed by atoms with E-state index in [4.69, 9.17) is 0 Å². The van der Waals surface area contributed by atoms with Crippen LogP contribution in [0.4, 0.5) is 0 Å². The molecule has 3 N–H and O–H groups in total. The quantitative estimate of drug-likeness (QED) is 0.392. The number of benzene rings is 2. The van der Waals surface area contributed by atoms with Crippen LogP contribution in [0.25, 0.3) is 10.8 Å². The maximum Gasteiger partial charge on any atom is 0.239 e.